The van der Waals surface area contributed by atoms with Crippen molar-refractivity contribution in [3.8, 4) is 0 Å². The van der Waals surface area contributed by atoms with Gasteiger partial charge in [-0.1, -0.05) is 28.1 Å². The van der Waals surface area contributed by atoms with E-state index in [9.17, 15) is 0 Å². The molecule has 0 atom stereocenters. The Balaban J connectivity index is 1.93. The van der Waals surface area contributed by atoms with Gasteiger partial charge in [-0.2, -0.15) is 12.6 Å². The van der Waals surface area contributed by atoms with E-state index in [1.807, 2.05) is 18.2 Å². The fourth-order valence-corrected chi connectivity index (χ4v) is 1.91. The molecule has 19 heavy (non-hydrogen) atoms. The lowest BCUT2D eigenvalue weighted by Gasteiger charge is -2.08. The summed E-state index contributed by atoms with van der Waals surface area (Å²) in [5, 5.41) is 6.44. The van der Waals surface area contributed by atoms with Crippen molar-refractivity contribution in [1.82, 2.24) is 9.97 Å². The largest absolute Gasteiger partial charge is 0.369 e. The molecule has 0 amide bonds. The van der Waals surface area contributed by atoms with Gasteiger partial charge in [0.25, 0.3) is 0 Å². The van der Waals surface area contributed by atoms with Gasteiger partial charge in [0.05, 0.1) is 0 Å². The lowest BCUT2D eigenvalue weighted by atomic mass is 10.2. The Hall–Kier alpha value is -1.27. The highest BCUT2D eigenvalue weighted by atomic mass is 79.9. The quantitative estimate of drug-likeness (QED) is 0.708. The van der Waals surface area contributed by atoms with Crippen LogP contribution in [0.3, 0.4) is 0 Å². The molecule has 0 aliphatic rings. The van der Waals surface area contributed by atoms with Gasteiger partial charge in [0.15, 0.2) is 0 Å². The standard InChI is InChI=1S/C13H15BrN4S/c14-11-3-1-10(2-4-11)8-16-13-7-12(15-5-6-19)17-9-18-13/h1-4,7,9,19H,5-6,8H2,(H2,15,16,17,18). The van der Waals surface area contributed by atoms with Crippen molar-refractivity contribution in [2.45, 2.75) is 6.54 Å². The Labute approximate surface area is 126 Å². The number of thiol groups is 1. The summed E-state index contributed by atoms with van der Waals surface area (Å²) in [6, 6.07) is 10.1. The average molecular weight is 339 g/mol. The second-order valence-corrected chi connectivity index (χ2v) is 5.28. The van der Waals surface area contributed by atoms with E-state index in [1.165, 1.54) is 5.56 Å². The molecule has 4 nitrogen and oxygen atoms in total. The molecule has 0 aliphatic heterocycles. The minimum Gasteiger partial charge on any atom is -0.369 e. The molecule has 0 saturated carbocycles. The highest BCUT2D eigenvalue weighted by Crippen LogP contribution is 2.13. The molecule has 1 aromatic carbocycles. The number of benzene rings is 1. The molecule has 0 bridgehead atoms. The SMILES string of the molecule is SCCNc1cc(NCc2ccc(Br)cc2)ncn1. The van der Waals surface area contributed by atoms with Crippen LogP contribution in [-0.2, 0) is 6.54 Å². The van der Waals surface area contributed by atoms with Gasteiger partial charge in [0, 0.05) is 29.4 Å². The predicted octanol–water partition coefficient (Wildman–Crippen LogP) is 3.19. The predicted molar refractivity (Wildman–Crippen MR) is 85.8 cm³/mol. The molecule has 1 heterocycles. The molecule has 0 unspecified atom stereocenters. The van der Waals surface area contributed by atoms with Crippen molar-refractivity contribution in [2.24, 2.45) is 0 Å². The second-order valence-electron chi connectivity index (χ2n) is 3.92. The Morgan fingerprint density at radius 2 is 1.74 bits per heavy atom. The first-order chi connectivity index (χ1) is 9.28. The molecule has 2 N–H and O–H groups in total. The maximum atomic E-state index is 4.19. The Morgan fingerprint density at radius 3 is 2.42 bits per heavy atom. The molecular weight excluding hydrogens is 324 g/mol. The third-order valence-electron chi connectivity index (χ3n) is 2.47. The first kappa shape index (κ1) is 14.1. The summed E-state index contributed by atoms with van der Waals surface area (Å²) in [5.74, 6) is 2.38. The topological polar surface area (TPSA) is 49.8 Å². The van der Waals surface area contributed by atoms with Crippen molar-refractivity contribution in [1.29, 1.82) is 0 Å². The van der Waals surface area contributed by atoms with Crippen LogP contribution in [0.15, 0.2) is 41.1 Å². The monoisotopic (exact) mass is 338 g/mol. The van der Waals surface area contributed by atoms with Gasteiger partial charge in [0.1, 0.15) is 18.0 Å². The molecule has 6 heteroatoms. The molecule has 0 radical (unpaired) electrons. The van der Waals surface area contributed by atoms with Crippen LogP contribution in [0.1, 0.15) is 5.56 Å². The number of aromatic nitrogens is 2. The number of hydrogen-bond acceptors (Lipinski definition) is 5. The Kier molecular flexibility index (Phi) is 5.47. The molecule has 2 aromatic rings. The summed E-state index contributed by atoms with van der Waals surface area (Å²) in [5.41, 5.74) is 1.20. The summed E-state index contributed by atoms with van der Waals surface area (Å²) < 4.78 is 1.08. The molecule has 0 fully saturated rings. The Bertz CT molecular complexity index is 518. The fraction of sp³-hybridized carbons (Fsp3) is 0.231. The smallest absolute Gasteiger partial charge is 0.131 e. The zero-order valence-corrected chi connectivity index (χ0v) is 12.8. The van der Waals surface area contributed by atoms with Crippen molar-refractivity contribution in [3.05, 3.63) is 46.7 Å². The normalized spacial score (nSPS) is 10.2. The minimum absolute atomic E-state index is 0.732. The number of nitrogens with zero attached hydrogens (tertiary/aromatic N) is 2. The van der Waals surface area contributed by atoms with E-state index in [0.29, 0.717) is 0 Å². The lowest BCUT2D eigenvalue weighted by molar-refractivity contribution is 1.07. The molecular formula is C13H15BrN4S. The minimum atomic E-state index is 0.732. The Morgan fingerprint density at radius 1 is 1.05 bits per heavy atom. The van der Waals surface area contributed by atoms with Crippen LogP contribution >= 0.6 is 28.6 Å². The summed E-state index contributed by atoms with van der Waals surface area (Å²) >= 11 is 7.57. The highest BCUT2D eigenvalue weighted by molar-refractivity contribution is 9.10. The van der Waals surface area contributed by atoms with Crippen LogP contribution in [0.5, 0.6) is 0 Å². The van der Waals surface area contributed by atoms with Crippen molar-refractivity contribution in [2.75, 3.05) is 22.9 Å². The van der Waals surface area contributed by atoms with Crippen LogP contribution in [0.2, 0.25) is 0 Å². The van der Waals surface area contributed by atoms with E-state index in [0.717, 1.165) is 35.0 Å². The van der Waals surface area contributed by atoms with Crippen molar-refractivity contribution >= 4 is 40.2 Å². The molecule has 2 rings (SSSR count). The molecule has 0 spiro atoms. The van der Waals surface area contributed by atoms with E-state index in [4.69, 9.17) is 0 Å². The van der Waals surface area contributed by atoms with Crippen LogP contribution in [0.25, 0.3) is 0 Å². The zero-order valence-electron chi connectivity index (χ0n) is 10.3. The van der Waals surface area contributed by atoms with Gasteiger partial charge in [0.2, 0.25) is 0 Å². The number of anilines is 2. The number of rotatable bonds is 6. The zero-order chi connectivity index (χ0) is 13.5. The summed E-state index contributed by atoms with van der Waals surface area (Å²) in [7, 11) is 0. The highest BCUT2D eigenvalue weighted by Gasteiger charge is 1.98. The molecule has 0 saturated heterocycles. The summed E-state index contributed by atoms with van der Waals surface area (Å²) in [6.45, 7) is 1.52. The van der Waals surface area contributed by atoms with E-state index in [2.05, 4.69) is 61.3 Å². The van der Waals surface area contributed by atoms with Gasteiger partial charge < -0.3 is 10.6 Å². The molecule has 1 aromatic heterocycles. The van der Waals surface area contributed by atoms with Gasteiger partial charge >= 0.3 is 0 Å². The maximum Gasteiger partial charge on any atom is 0.131 e. The number of hydrogen-bond donors (Lipinski definition) is 3. The van der Waals surface area contributed by atoms with Crippen LogP contribution in [-0.4, -0.2) is 22.3 Å². The number of halogens is 1. The second kappa shape index (κ2) is 7.35. The van der Waals surface area contributed by atoms with Crippen molar-refractivity contribution in [3.63, 3.8) is 0 Å². The maximum absolute atomic E-state index is 4.19. The van der Waals surface area contributed by atoms with Crippen molar-refractivity contribution < 1.29 is 0 Å². The van der Waals surface area contributed by atoms with Crippen LogP contribution < -0.4 is 10.6 Å². The van der Waals surface area contributed by atoms with E-state index < -0.39 is 0 Å². The molecule has 100 valence electrons. The van der Waals surface area contributed by atoms with Crippen LogP contribution in [0.4, 0.5) is 11.6 Å². The first-order valence-corrected chi connectivity index (χ1v) is 7.35. The van der Waals surface area contributed by atoms with Gasteiger partial charge in [-0.3, -0.25) is 0 Å². The average Bonchev–Trinajstić information content (AvgIpc) is 2.45. The summed E-state index contributed by atoms with van der Waals surface area (Å²) in [6.07, 6.45) is 1.55. The van der Waals surface area contributed by atoms with E-state index >= 15 is 0 Å². The van der Waals surface area contributed by atoms with E-state index in [-0.39, 0.29) is 0 Å². The summed E-state index contributed by atoms with van der Waals surface area (Å²) in [4.78, 5) is 8.33. The van der Waals surface area contributed by atoms with Crippen LogP contribution in [0, 0.1) is 0 Å². The third-order valence-corrected chi connectivity index (χ3v) is 3.22. The lowest BCUT2D eigenvalue weighted by Crippen LogP contribution is -2.06. The third kappa shape index (κ3) is 4.72. The van der Waals surface area contributed by atoms with E-state index in [1.54, 1.807) is 6.33 Å². The number of nitrogens with one attached hydrogen (secondary N) is 2. The van der Waals surface area contributed by atoms with Gasteiger partial charge in [-0.25, -0.2) is 9.97 Å². The van der Waals surface area contributed by atoms with Gasteiger partial charge in [-0.05, 0) is 17.7 Å². The fourth-order valence-electron chi connectivity index (χ4n) is 1.53. The molecule has 0 aliphatic carbocycles. The first-order valence-electron chi connectivity index (χ1n) is 5.93. The van der Waals surface area contributed by atoms with Gasteiger partial charge in [-0.15, -0.1) is 0 Å².